The summed E-state index contributed by atoms with van der Waals surface area (Å²) in [5.41, 5.74) is 3.25. The van der Waals surface area contributed by atoms with Crippen molar-refractivity contribution < 1.29 is 9.53 Å². The fourth-order valence-corrected chi connectivity index (χ4v) is 4.01. The third-order valence-corrected chi connectivity index (χ3v) is 5.62. The number of hydrogen-bond acceptors (Lipinski definition) is 5. The Labute approximate surface area is 159 Å². The number of aryl methyl sites for hydroxylation is 1. The third kappa shape index (κ3) is 3.18. The number of morpholine rings is 1. The number of carbonyl (C=O) groups excluding carboxylic acids is 1. The normalized spacial score (nSPS) is 22.0. The highest BCUT2D eigenvalue weighted by Gasteiger charge is 2.35. The van der Waals surface area contributed by atoms with E-state index < -0.39 is 6.10 Å². The van der Waals surface area contributed by atoms with Crippen LogP contribution in [0.25, 0.3) is 0 Å². The van der Waals surface area contributed by atoms with Crippen molar-refractivity contribution in [3.63, 3.8) is 0 Å². The summed E-state index contributed by atoms with van der Waals surface area (Å²) in [6.45, 7) is 4.57. The van der Waals surface area contributed by atoms with Crippen LogP contribution in [0.15, 0.2) is 30.3 Å². The number of rotatable bonds is 3. The van der Waals surface area contributed by atoms with Gasteiger partial charge in [-0.2, -0.15) is 0 Å². The van der Waals surface area contributed by atoms with Crippen LogP contribution in [-0.4, -0.2) is 48.2 Å². The molecule has 1 aromatic carbocycles. The standard InChI is InChI=1S/C21H24N4O2/c1-14-12-19(23-20(22-14)16-6-7-16)24-10-11-27-18(13-24)21(26)25-9-8-15-4-2-3-5-17(15)25/h2-5,12,16,18H,6-11,13H2,1H3. The fourth-order valence-electron chi connectivity index (χ4n) is 4.01. The number of aromatic nitrogens is 2. The molecule has 1 saturated carbocycles. The molecule has 1 aliphatic carbocycles. The van der Waals surface area contributed by atoms with Crippen LogP contribution in [0.2, 0.25) is 0 Å². The number of fused-ring (bicyclic) bond motifs is 1. The van der Waals surface area contributed by atoms with Crippen molar-refractivity contribution in [2.45, 2.75) is 38.2 Å². The Morgan fingerprint density at radius 2 is 2.04 bits per heavy atom. The maximum Gasteiger partial charge on any atom is 0.257 e. The zero-order chi connectivity index (χ0) is 18.4. The largest absolute Gasteiger partial charge is 0.365 e. The second-order valence-corrected chi connectivity index (χ2v) is 7.67. The Morgan fingerprint density at radius 1 is 1.19 bits per heavy atom. The molecule has 0 N–H and O–H groups in total. The van der Waals surface area contributed by atoms with Crippen LogP contribution in [0.5, 0.6) is 0 Å². The van der Waals surface area contributed by atoms with Gasteiger partial charge in [0.25, 0.3) is 5.91 Å². The van der Waals surface area contributed by atoms with E-state index >= 15 is 0 Å². The van der Waals surface area contributed by atoms with Gasteiger partial charge in [-0.3, -0.25) is 4.79 Å². The van der Waals surface area contributed by atoms with Crippen molar-refractivity contribution in [1.29, 1.82) is 0 Å². The predicted octanol–water partition coefficient (Wildman–Crippen LogP) is 2.46. The van der Waals surface area contributed by atoms with Crippen LogP contribution in [0.4, 0.5) is 11.5 Å². The summed E-state index contributed by atoms with van der Waals surface area (Å²) in [4.78, 5) is 26.6. The van der Waals surface area contributed by atoms with Crippen LogP contribution in [-0.2, 0) is 16.0 Å². The molecule has 1 unspecified atom stereocenters. The van der Waals surface area contributed by atoms with E-state index in [2.05, 4.69) is 16.0 Å². The lowest BCUT2D eigenvalue weighted by atomic mass is 10.2. The number of hydrogen-bond donors (Lipinski definition) is 0. The minimum atomic E-state index is -0.454. The fraction of sp³-hybridized carbons (Fsp3) is 0.476. The summed E-state index contributed by atoms with van der Waals surface area (Å²) in [6.07, 6.45) is 2.82. The highest BCUT2D eigenvalue weighted by molar-refractivity contribution is 5.98. The molecular weight excluding hydrogens is 340 g/mol. The number of benzene rings is 1. The second-order valence-electron chi connectivity index (χ2n) is 7.67. The Morgan fingerprint density at radius 3 is 2.89 bits per heavy atom. The predicted molar refractivity (Wildman–Crippen MR) is 103 cm³/mol. The van der Waals surface area contributed by atoms with Crippen LogP contribution < -0.4 is 9.80 Å². The number of nitrogens with zero attached hydrogens (tertiary/aromatic N) is 4. The summed E-state index contributed by atoms with van der Waals surface area (Å²) >= 11 is 0. The maximum absolute atomic E-state index is 13.1. The van der Waals surface area contributed by atoms with Gasteiger partial charge in [-0.05, 0) is 37.8 Å². The molecule has 27 heavy (non-hydrogen) atoms. The number of para-hydroxylation sites is 1. The van der Waals surface area contributed by atoms with Crippen molar-refractivity contribution in [2.75, 3.05) is 36.0 Å². The molecule has 5 rings (SSSR count). The Balaban J connectivity index is 1.35. The first kappa shape index (κ1) is 16.7. The van der Waals surface area contributed by atoms with E-state index in [-0.39, 0.29) is 5.91 Å². The minimum Gasteiger partial charge on any atom is -0.365 e. The minimum absolute atomic E-state index is 0.0536. The van der Waals surface area contributed by atoms with Gasteiger partial charge in [-0.25, -0.2) is 9.97 Å². The van der Waals surface area contributed by atoms with Gasteiger partial charge >= 0.3 is 0 Å². The lowest BCUT2D eigenvalue weighted by Gasteiger charge is -2.35. The zero-order valence-electron chi connectivity index (χ0n) is 15.6. The van der Waals surface area contributed by atoms with Gasteiger partial charge in [0.05, 0.1) is 13.2 Å². The Bertz CT molecular complexity index is 880. The zero-order valence-corrected chi connectivity index (χ0v) is 15.6. The van der Waals surface area contributed by atoms with Crippen molar-refractivity contribution in [2.24, 2.45) is 0 Å². The van der Waals surface area contributed by atoms with Crippen molar-refractivity contribution in [3.8, 4) is 0 Å². The molecule has 2 aliphatic heterocycles. The first-order valence-corrected chi connectivity index (χ1v) is 9.80. The van der Waals surface area contributed by atoms with Gasteiger partial charge in [0.1, 0.15) is 11.6 Å². The number of ether oxygens (including phenoxy) is 1. The summed E-state index contributed by atoms with van der Waals surface area (Å²) in [6, 6.07) is 10.2. The molecule has 6 nitrogen and oxygen atoms in total. The molecule has 0 radical (unpaired) electrons. The summed E-state index contributed by atoms with van der Waals surface area (Å²) in [5.74, 6) is 2.45. The van der Waals surface area contributed by atoms with E-state index in [0.717, 1.165) is 42.5 Å². The van der Waals surface area contributed by atoms with E-state index in [4.69, 9.17) is 9.72 Å². The van der Waals surface area contributed by atoms with Gasteiger partial charge in [-0.15, -0.1) is 0 Å². The monoisotopic (exact) mass is 364 g/mol. The van der Waals surface area contributed by atoms with E-state index in [1.165, 1.54) is 18.4 Å². The van der Waals surface area contributed by atoms with Gasteiger partial charge in [0.2, 0.25) is 0 Å². The first-order valence-electron chi connectivity index (χ1n) is 9.80. The van der Waals surface area contributed by atoms with Gasteiger partial charge in [0.15, 0.2) is 6.10 Å². The third-order valence-electron chi connectivity index (χ3n) is 5.62. The highest BCUT2D eigenvalue weighted by atomic mass is 16.5. The van der Waals surface area contributed by atoms with Gasteiger partial charge in [-0.1, -0.05) is 18.2 Å². The van der Waals surface area contributed by atoms with E-state index in [0.29, 0.717) is 19.1 Å². The van der Waals surface area contributed by atoms with Crippen molar-refractivity contribution >= 4 is 17.4 Å². The lowest BCUT2D eigenvalue weighted by molar-refractivity contribution is -0.130. The molecule has 1 amide bonds. The molecule has 1 atom stereocenters. The molecule has 6 heteroatoms. The van der Waals surface area contributed by atoms with Crippen LogP contribution in [0.1, 0.15) is 35.8 Å². The summed E-state index contributed by atoms with van der Waals surface area (Å²) in [7, 11) is 0. The first-order chi connectivity index (χ1) is 13.2. The van der Waals surface area contributed by atoms with Crippen LogP contribution in [0.3, 0.4) is 0 Å². The maximum atomic E-state index is 13.1. The molecule has 2 fully saturated rings. The molecule has 1 aromatic heterocycles. The molecule has 140 valence electrons. The molecule has 3 heterocycles. The quantitative estimate of drug-likeness (QED) is 0.837. The topological polar surface area (TPSA) is 58.6 Å². The summed E-state index contributed by atoms with van der Waals surface area (Å²) < 4.78 is 5.86. The van der Waals surface area contributed by atoms with E-state index in [1.807, 2.05) is 36.1 Å². The molecule has 1 saturated heterocycles. The van der Waals surface area contributed by atoms with Crippen LogP contribution in [0, 0.1) is 6.92 Å². The Hall–Kier alpha value is -2.47. The number of amides is 1. The van der Waals surface area contributed by atoms with Gasteiger partial charge < -0.3 is 14.5 Å². The second kappa shape index (κ2) is 6.60. The smallest absolute Gasteiger partial charge is 0.257 e. The van der Waals surface area contributed by atoms with E-state index in [9.17, 15) is 4.79 Å². The average molecular weight is 364 g/mol. The van der Waals surface area contributed by atoms with Crippen molar-refractivity contribution in [1.82, 2.24) is 9.97 Å². The number of carbonyl (C=O) groups is 1. The molecule has 0 spiro atoms. The lowest BCUT2D eigenvalue weighted by Crippen LogP contribution is -2.51. The highest BCUT2D eigenvalue weighted by Crippen LogP contribution is 2.38. The average Bonchev–Trinajstić information content (AvgIpc) is 3.46. The molecule has 3 aliphatic rings. The Kier molecular flexibility index (Phi) is 4.08. The molecule has 2 aromatic rings. The summed E-state index contributed by atoms with van der Waals surface area (Å²) in [5, 5.41) is 0. The molecular formula is C21H24N4O2. The molecule has 0 bridgehead atoms. The van der Waals surface area contributed by atoms with E-state index in [1.54, 1.807) is 0 Å². The van der Waals surface area contributed by atoms with Crippen LogP contribution >= 0.6 is 0 Å². The SMILES string of the molecule is Cc1cc(N2CCOC(C(=O)N3CCc4ccccc43)C2)nc(C2CC2)n1. The van der Waals surface area contributed by atoms with Crippen molar-refractivity contribution in [3.05, 3.63) is 47.4 Å². The van der Waals surface area contributed by atoms with Gasteiger partial charge in [0, 0.05) is 36.5 Å². The number of anilines is 2.